The van der Waals surface area contributed by atoms with E-state index in [0.29, 0.717) is 22.0 Å². The Morgan fingerprint density at radius 3 is 2.42 bits per heavy atom. The van der Waals surface area contributed by atoms with E-state index in [2.05, 4.69) is 20.7 Å². The van der Waals surface area contributed by atoms with Crippen molar-refractivity contribution in [1.29, 1.82) is 0 Å². The maximum Gasteiger partial charge on any atom is 0.435 e. The van der Waals surface area contributed by atoms with Gasteiger partial charge in [0.15, 0.2) is 5.69 Å². The molecule has 0 spiro atoms. The predicted molar refractivity (Wildman–Crippen MR) is 132 cm³/mol. The van der Waals surface area contributed by atoms with E-state index in [1.54, 1.807) is 31.2 Å². The van der Waals surface area contributed by atoms with Crippen molar-refractivity contribution in [3.05, 3.63) is 106 Å². The number of aromatic nitrogens is 3. The standard InChI is InChI=1S/C26H20ClF4N5O2/c1-15(16-5-10-22(32-13-16)25(38)34-19-8-6-18(28)7-9-19)24(37)33-14-21-12-23(26(29,30)31)35-36(21)20-4-2-3-17(27)11-20/h2-13,15H,14H2,1H3,(H,33,37)(H,34,38). The average Bonchev–Trinajstić information content (AvgIpc) is 3.33. The zero-order chi connectivity index (χ0) is 27.4. The lowest BCUT2D eigenvalue weighted by molar-refractivity contribution is -0.141. The van der Waals surface area contributed by atoms with Gasteiger partial charge in [-0.05, 0) is 67.1 Å². The van der Waals surface area contributed by atoms with Crippen molar-refractivity contribution in [1.82, 2.24) is 20.1 Å². The highest BCUT2D eigenvalue weighted by molar-refractivity contribution is 6.30. The zero-order valence-corrected chi connectivity index (χ0v) is 20.5. The van der Waals surface area contributed by atoms with Gasteiger partial charge in [-0.2, -0.15) is 18.3 Å². The second-order valence-corrected chi connectivity index (χ2v) is 8.72. The first-order valence-electron chi connectivity index (χ1n) is 11.2. The molecule has 0 bridgehead atoms. The van der Waals surface area contributed by atoms with Gasteiger partial charge in [-0.15, -0.1) is 0 Å². The number of carbonyl (C=O) groups is 2. The van der Waals surface area contributed by atoms with Gasteiger partial charge in [0.1, 0.15) is 11.5 Å². The van der Waals surface area contributed by atoms with Crippen LogP contribution in [0.3, 0.4) is 0 Å². The van der Waals surface area contributed by atoms with Crippen LogP contribution in [-0.2, 0) is 17.5 Å². The monoisotopic (exact) mass is 545 g/mol. The number of rotatable bonds is 7. The molecule has 2 aromatic heterocycles. The average molecular weight is 546 g/mol. The highest BCUT2D eigenvalue weighted by Gasteiger charge is 2.35. The van der Waals surface area contributed by atoms with Crippen molar-refractivity contribution in [3.63, 3.8) is 0 Å². The van der Waals surface area contributed by atoms with E-state index in [9.17, 15) is 27.2 Å². The van der Waals surface area contributed by atoms with Crippen molar-refractivity contribution in [2.24, 2.45) is 0 Å². The molecule has 12 heteroatoms. The summed E-state index contributed by atoms with van der Waals surface area (Å²) in [5.41, 5.74) is 0.264. The zero-order valence-electron chi connectivity index (χ0n) is 19.8. The Morgan fingerprint density at radius 1 is 1.05 bits per heavy atom. The van der Waals surface area contributed by atoms with Gasteiger partial charge in [0.2, 0.25) is 5.91 Å². The largest absolute Gasteiger partial charge is 0.435 e. The van der Waals surface area contributed by atoms with Gasteiger partial charge >= 0.3 is 6.18 Å². The normalized spacial score (nSPS) is 12.2. The summed E-state index contributed by atoms with van der Waals surface area (Å²) in [5.74, 6) is -2.15. The van der Waals surface area contributed by atoms with E-state index in [1.807, 2.05) is 0 Å². The van der Waals surface area contributed by atoms with Crippen molar-refractivity contribution in [2.45, 2.75) is 25.6 Å². The second-order valence-electron chi connectivity index (χ2n) is 8.29. The van der Waals surface area contributed by atoms with E-state index in [-0.39, 0.29) is 17.9 Å². The second kappa shape index (κ2) is 11.0. The van der Waals surface area contributed by atoms with Crippen LogP contribution in [0.1, 0.15) is 40.3 Å². The summed E-state index contributed by atoms with van der Waals surface area (Å²) in [4.78, 5) is 29.2. The Balaban J connectivity index is 1.44. The number of hydrogen-bond acceptors (Lipinski definition) is 4. The molecule has 0 saturated heterocycles. The highest BCUT2D eigenvalue weighted by atomic mass is 35.5. The van der Waals surface area contributed by atoms with Crippen molar-refractivity contribution in [2.75, 3.05) is 5.32 Å². The topological polar surface area (TPSA) is 88.9 Å². The molecular formula is C26H20ClF4N5O2. The van der Waals surface area contributed by atoms with Gasteiger partial charge in [-0.3, -0.25) is 14.6 Å². The van der Waals surface area contributed by atoms with Crippen LogP contribution in [0.5, 0.6) is 0 Å². The molecule has 4 aromatic rings. The third kappa shape index (κ3) is 6.35. The number of anilines is 1. The Morgan fingerprint density at radius 2 is 1.79 bits per heavy atom. The van der Waals surface area contributed by atoms with Crippen LogP contribution in [0.2, 0.25) is 5.02 Å². The number of halogens is 5. The summed E-state index contributed by atoms with van der Waals surface area (Å²) >= 11 is 5.98. The molecule has 7 nitrogen and oxygen atoms in total. The van der Waals surface area contributed by atoms with E-state index in [1.165, 1.54) is 42.6 Å². The molecule has 38 heavy (non-hydrogen) atoms. The van der Waals surface area contributed by atoms with Crippen LogP contribution in [0, 0.1) is 5.82 Å². The number of pyridine rings is 1. The molecule has 1 atom stereocenters. The van der Waals surface area contributed by atoms with Gasteiger partial charge in [0.25, 0.3) is 5.91 Å². The van der Waals surface area contributed by atoms with E-state index in [4.69, 9.17) is 11.6 Å². The molecule has 2 aromatic carbocycles. The molecule has 2 heterocycles. The molecule has 0 fully saturated rings. The fourth-order valence-corrected chi connectivity index (χ4v) is 3.71. The quantitative estimate of drug-likeness (QED) is 0.289. The van der Waals surface area contributed by atoms with Gasteiger partial charge in [0.05, 0.1) is 23.8 Å². The molecule has 1 unspecified atom stereocenters. The Kier molecular flexibility index (Phi) is 7.77. The summed E-state index contributed by atoms with van der Waals surface area (Å²) in [7, 11) is 0. The minimum atomic E-state index is -4.67. The third-order valence-electron chi connectivity index (χ3n) is 5.58. The molecular weight excluding hydrogens is 526 g/mol. The summed E-state index contributed by atoms with van der Waals surface area (Å²) in [6.07, 6.45) is -3.31. The van der Waals surface area contributed by atoms with Gasteiger partial charge < -0.3 is 10.6 Å². The minimum absolute atomic E-state index is 0.0794. The van der Waals surface area contributed by atoms with E-state index >= 15 is 0 Å². The van der Waals surface area contributed by atoms with Gasteiger partial charge in [-0.25, -0.2) is 9.07 Å². The van der Waals surface area contributed by atoms with Crippen LogP contribution >= 0.6 is 11.6 Å². The fraction of sp³-hybridized carbons (Fsp3) is 0.154. The number of carbonyl (C=O) groups excluding carboxylic acids is 2. The lowest BCUT2D eigenvalue weighted by Gasteiger charge is -2.14. The minimum Gasteiger partial charge on any atom is -0.350 e. The third-order valence-corrected chi connectivity index (χ3v) is 5.82. The number of amides is 2. The van der Waals surface area contributed by atoms with E-state index in [0.717, 1.165) is 10.7 Å². The van der Waals surface area contributed by atoms with Gasteiger partial charge in [-0.1, -0.05) is 23.7 Å². The van der Waals surface area contributed by atoms with Crippen LogP contribution in [0.25, 0.3) is 5.69 Å². The van der Waals surface area contributed by atoms with Crippen LogP contribution in [-0.4, -0.2) is 26.6 Å². The Hall–Kier alpha value is -4.25. The van der Waals surface area contributed by atoms with Crippen LogP contribution in [0.15, 0.2) is 72.9 Å². The van der Waals surface area contributed by atoms with Crippen molar-refractivity contribution in [3.8, 4) is 5.69 Å². The Labute approximate surface area is 219 Å². The number of hydrogen-bond donors (Lipinski definition) is 2. The summed E-state index contributed by atoms with van der Waals surface area (Å²) in [6, 6.07) is 15.2. The predicted octanol–water partition coefficient (Wildman–Crippen LogP) is 5.75. The smallest absolute Gasteiger partial charge is 0.350 e. The number of nitrogens with one attached hydrogen (secondary N) is 2. The lowest BCUT2D eigenvalue weighted by Crippen LogP contribution is -2.28. The molecule has 0 radical (unpaired) electrons. The summed E-state index contributed by atoms with van der Waals surface area (Å²) < 4.78 is 54.0. The molecule has 2 N–H and O–H groups in total. The van der Waals surface area contributed by atoms with Gasteiger partial charge in [0, 0.05) is 16.9 Å². The SMILES string of the molecule is CC(C(=O)NCc1cc(C(F)(F)F)nn1-c1cccc(Cl)c1)c1ccc(C(=O)Nc2ccc(F)cc2)nc1. The summed E-state index contributed by atoms with van der Waals surface area (Å²) in [5, 5.41) is 9.18. The summed E-state index contributed by atoms with van der Waals surface area (Å²) in [6.45, 7) is 1.37. The fourth-order valence-electron chi connectivity index (χ4n) is 3.52. The Bertz CT molecular complexity index is 1450. The van der Waals surface area contributed by atoms with Crippen LogP contribution in [0.4, 0.5) is 23.2 Å². The van der Waals surface area contributed by atoms with Crippen LogP contribution < -0.4 is 10.6 Å². The highest BCUT2D eigenvalue weighted by Crippen LogP contribution is 2.30. The maximum absolute atomic E-state index is 13.3. The maximum atomic E-state index is 13.3. The number of alkyl halides is 3. The molecule has 2 amide bonds. The van der Waals surface area contributed by atoms with Crippen molar-refractivity contribution >= 4 is 29.1 Å². The number of benzene rings is 2. The van der Waals surface area contributed by atoms with Crippen molar-refractivity contribution < 1.29 is 27.2 Å². The number of nitrogens with zero attached hydrogens (tertiary/aromatic N) is 3. The first-order chi connectivity index (χ1) is 18.0. The molecule has 0 saturated carbocycles. The molecule has 0 aliphatic carbocycles. The molecule has 0 aliphatic rings. The first kappa shape index (κ1) is 26.8. The lowest BCUT2D eigenvalue weighted by atomic mass is 10.0. The molecule has 4 rings (SSSR count). The molecule has 0 aliphatic heterocycles. The van der Waals surface area contributed by atoms with E-state index < -0.39 is 35.4 Å². The molecule has 196 valence electrons. The first-order valence-corrected chi connectivity index (χ1v) is 11.6.